The number of benzene rings is 8. The van der Waals surface area contributed by atoms with Crippen molar-refractivity contribution in [3.05, 3.63) is 176 Å². The van der Waals surface area contributed by atoms with Gasteiger partial charge >= 0.3 is 0 Å². The van der Waals surface area contributed by atoms with E-state index in [0.717, 1.165) is 77.5 Å². The molecule has 2 aromatic heterocycles. The van der Waals surface area contributed by atoms with Crippen LogP contribution in [0, 0.1) is 0 Å². The van der Waals surface area contributed by atoms with E-state index in [1.807, 2.05) is 12.1 Å². The maximum Gasteiger partial charge on any atom is 0.143 e. The molecule has 0 fully saturated rings. The molecule has 2 heterocycles. The Morgan fingerprint density at radius 1 is 0.367 bits per heavy atom. The highest BCUT2D eigenvalue weighted by molar-refractivity contribution is 6.19. The molecule has 0 saturated heterocycles. The van der Waals surface area contributed by atoms with Crippen LogP contribution in [0.5, 0.6) is 0 Å². The number of fused-ring (bicyclic) bond motifs is 8. The van der Waals surface area contributed by atoms with Crippen molar-refractivity contribution in [2.24, 2.45) is 0 Å². The van der Waals surface area contributed by atoms with Gasteiger partial charge in [-0.05, 0) is 82.2 Å². The summed E-state index contributed by atoms with van der Waals surface area (Å²) in [6.07, 6.45) is 0. The lowest BCUT2D eigenvalue weighted by atomic mass is 9.97. The highest BCUT2D eigenvalue weighted by atomic mass is 16.3. The third-order valence-corrected chi connectivity index (χ3v) is 9.66. The number of nitrogens with zero attached hydrogens (tertiary/aromatic N) is 1. The normalized spacial score (nSPS) is 11.7. The van der Waals surface area contributed by atoms with Crippen molar-refractivity contribution >= 4 is 71.7 Å². The second kappa shape index (κ2) is 11.0. The van der Waals surface area contributed by atoms with E-state index in [4.69, 9.17) is 8.83 Å². The van der Waals surface area contributed by atoms with Crippen LogP contribution in [0.1, 0.15) is 0 Å². The number of furan rings is 2. The van der Waals surface area contributed by atoms with E-state index in [1.54, 1.807) is 0 Å². The van der Waals surface area contributed by atoms with Crippen molar-refractivity contribution in [3.63, 3.8) is 0 Å². The van der Waals surface area contributed by atoms with Gasteiger partial charge in [-0.1, -0.05) is 121 Å². The molecule has 0 unspecified atom stereocenters. The van der Waals surface area contributed by atoms with Gasteiger partial charge in [-0.2, -0.15) is 0 Å². The fourth-order valence-corrected chi connectivity index (χ4v) is 7.41. The van der Waals surface area contributed by atoms with E-state index in [1.165, 1.54) is 16.5 Å². The molecular weight excluding hydrogens is 599 g/mol. The molecule has 0 spiro atoms. The Labute approximate surface area is 282 Å². The van der Waals surface area contributed by atoms with Crippen LogP contribution in [0.2, 0.25) is 0 Å². The van der Waals surface area contributed by atoms with Crippen molar-refractivity contribution in [3.8, 4) is 22.3 Å². The SMILES string of the molecule is c1ccc(-c2ccc(N(c3cccc(-c4cccc5oc6c7ccccc7ccc6c45)c3)c3cccc4oc5ccccc5c34)cc2)cc1. The molecule has 0 aliphatic heterocycles. The van der Waals surface area contributed by atoms with Gasteiger partial charge in [0.05, 0.1) is 11.1 Å². The Hall–Kier alpha value is -6.58. The Morgan fingerprint density at radius 2 is 1.04 bits per heavy atom. The van der Waals surface area contributed by atoms with E-state index >= 15 is 0 Å². The highest BCUT2D eigenvalue weighted by Crippen LogP contribution is 2.45. The largest absolute Gasteiger partial charge is 0.456 e. The number of para-hydroxylation sites is 1. The summed E-state index contributed by atoms with van der Waals surface area (Å²) in [6.45, 7) is 0. The molecule has 10 rings (SSSR count). The van der Waals surface area contributed by atoms with Crippen molar-refractivity contribution < 1.29 is 8.83 Å². The van der Waals surface area contributed by atoms with Gasteiger partial charge in [-0.25, -0.2) is 0 Å². The first-order chi connectivity index (χ1) is 24.3. The molecule has 8 aromatic carbocycles. The van der Waals surface area contributed by atoms with E-state index in [2.05, 4.69) is 169 Å². The van der Waals surface area contributed by atoms with E-state index in [-0.39, 0.29) is 0 Å². The van der Waals surface area contributed by atoms with Crippen LogP contribution in [0.15, 0.2) is 185 Å². The molecule has 0 N–H and O–H groups in total. The zero-order valence-electron chi connectivity index (χ0n) is 26.5. The molecule has 0 radical (unpaired) electrons. The predicted octanol–water partition coefficient (Wildman–Crippen LogP) is 13.4. The van der Waals surface area contributed by atoms with Crippen molar-refractivity contribution in [1.82, 2.24) is 0 Å². The second-order valence-electron chi connectivity index (χ2n) is 12.5. The Balaban J connectivity index is 1.19. The monoisotopic (exact) mass is 627 g/mol. The first kappa shape index (κ1) is 27.5. The molecule has 0 atom stereocenters. The average Bonchev–Trinajstić information content (AvgIpc) is 3.75. The molecule has 3 heteroatoms. The zero-order chi connectivity index (χ0) is 32.3. The second-order valence-corrected chi connectivity index (χ2v) is 12.5. The molecule has 0 aliphatic carbocycles. The smallest absolute Gasteiger partial charge is 0.143 e. The van der Waals surface area contributed by atoms with Crippen LogP contribution in [-0.2, 0) is 0 Å². The standard InChI is InChI=1S/C46H29NO2/c1-2-11-30(12-3-1)31-23-26-34(27-24-31)47(40-19-10-22-43-45(40)38-17-6-7-20-41(38)48-43)35-15-8-14-33(29-35)36-18-9-21-42-44(36)39-28-25-32-13-4-5-16-37(32)46(39)49-42/h1-29H. The fraction of sp³-hybridized carbons (Fsp3) is 0. The molecule has 0 bridgehead atoms. The van der Waals surface area contributed by atoms with Gasteiger partial charge in [-0.15, -0.1) is 0 Å². The number of anilines is 3. The summed E-state index contributed by atoms with van der Waals surface area (Å²) in [7, 11) is 0. The van der Waals surface area contributed by atoms with Gasteiger partial charge < -0.3 is 13.7 Å². The van der Waals surface area contributed by atoms with Crippen LogP contribution < -0.4 is 4.90 Å². The lowest BCUT2D eigenvalue weighted by Crippen LogP contribution is -2.10. The first-order valence-electron chi connectivity index (χ1n) is 16.6. The maximum atomic E-state index is 6.55. The minimum Gasteiger partial charge on any atom is -0.456 e. The summed E-state index contributed by atoms with van der Waals surface area (Å²) in [4.78, 5) is 2.35. The number of hydrogen-bond donors (Lipinski definition) is 0. The zero-order valence-corrected chi connectivity index (χ0v) is 26.5. The van der Waals surface area contributed by atoms with Crippen LogP contribution >= 0.6 is 0 Å². The van der Waals surface area contributed by atoms with Gasteiger partial charge in [0.15, 0.2) is 0 Å². The first-order valence-corrected chi connectivity index (χ1v) is 16.6. The molecule has 0 aliphatic rings. The summed E-state index contributed by atoms with van der Waals surface area (Å²) in [5.41, 5.74) is 11.4. The van der Waals surface area contributed by atoms with E-state index < -0.39 is 0 Å². The lowest BCUT2D eigenvalue weighted by molar-refractivity contribution is 0.669. The van der Waals surface area contributed by atoms with Crippen LogP contribution in [0.25, 0.3) is 76.9 Å². The molecule has 10 aromatic rings. The number of hydrogen-bond acceptors (Lipinski definition) is 3. The minimum absolute atomic E-state index is 0.864. The third-order valence-electron chi connectivity index (χ3n) is 9.66. The van der Waals surface area contributed by atoms with Crippen molar-refractivity contribution in [1.29, 1.82) is 0 Å². The van der Waals surface area contributed by atoms with E-state index in [9.17, 15) is 0 Å². The van der Waals surface area contributed by atoms with Gasteiger partial charge in [0, 0.05) is 32.9 Å². The predicted molar refractivity (Wildman–Crippen MR) is 204 cm³/mol. The maximum absolute atomic E-state index is 6.55. The van der Waals surface area contributed by atoms with Gasteiger partial charge in [0.2, 0.25) is 0 Å². The Morgan fingerprint density at radius 3 is 1.92 bits per heavy atom. The summed E-state index contributed by atoms with van der Waals surface area (Å²) in [5.74, 6) is 0. The Kier molecular flexibility index (Phi) is 6.18. The topological polar surface area (TPSA) is 29.5 Å². The quantitative estimate of drug-likeness (QED) is 0.190. The molecule has 230 valence electrons. The third kappa shape index (κ3) is 4.44. The lowest BCUT2D eigenvalue weighted by Gasteiger charge is -2.27. The molecule has 0 amide bonds. The van der Waals surface area contributed by atoms with Crippen molar-refractivity contribution in [2.75, 3.05) is 4.90 Å². The number of rotatable bonds is 5. The summed E-state index contributed by atoms with van der Waals surface area (Å²) in [6, 6.07) is 62.0. The summed E-state index contributed by atoms with van der Waals surface area (Å²) >= 11 is 0. The fourth-order valence-electron chi connectivity index (χ4n) is 7.41. The van der Waals surface area contributed by atoms with Gasteiger partial charge in [0.25, 0.3) is 0 Å². The summed E-state index contributed by atoms with van der Waals surface area (Å²) in [5, 5.41) is 6.73. The van der Waals surface area contributed by atoms with E-state index in [0.29, 0.717) is 0 Å². The molecule has 3 nitrogen and oxygen atoms in total. The highest BCUT2D eigenvalue weighted by Gasteiger charge is 2.21. The minimum atomic E-state index is 0.864. The van der Waals surface area contributed by atoms with Gasteiger partial charge in [-0.3, -0.25) is 0 Å². The Bertz CT molecular complexity index is 2830. The van der Waals surface area contributed by atoms with Crippen LogP contribution in [0.3, 0.4) is 0 Å². The van der Waals surface area contributed by atoms with Crippen LogP contribution in [-0.4, -0.2) is 0 Å². The van der Waals surface area contributed by atoms with Crippen LogP contribution in [0.4, 0.5) is 17.1 Å². The van der Waals surface area contributed by atoms with Gasteiger partial charge in [0.1, 0.15) is 22.3 Å². The average molecular weight is 628 g/mol. The van der Waals surface area contributed by atoms with Crippen molar-refractivity contribution in [2.45, 2.75) is 0 Å². The molecule has 49 heavy (non-hydrogen) atoms. The molecular formula is C46H29NO2. The molecule has 0 saturated carbocycles. The summed E-state index contributed by atoms with van der Waals surface area (Å²) < 4.78 is 12.9.